The maximum Gasteiger partial charge on any atom is 0.207 e. The molecule has 0 saturated carbocycles. The van der Waals surface area contributed by atoms with E-state index in [0.717, 1.165) is 24.2 Å². The number of hydrogen-bond donors (Lipinski definition) is 0. The topological polar surface area (TPSA) is 52.4 Å². The van der Waals surface area contributed by atoms with Crippen molar-refractivity contribution in [2.45, 2.75) is 19.3 Å². The van der Waals surface area contributed by atoms with Gasteiger partial charge in [-0.15, -0.1) is 0 Å². The molecule has 4 nitrogen and oxygen atoms in total. The quantitative estimate of drug-likeness (QED) is 0.593. The summed E-state index contributed by atoms with van der Waals surface area (Å²) in [6, 6.07) is 5.97. The van der Waals surface area contributed by atoms with Crippen LogP contribution in [0.3, 0.4) is 0 Å². The molecule has 0 unspecified atom stereocenters. The van der Waals surface area contributed by atoms with Crippen LogP contribution in [0.25, 0.3) is 6.08 Å². The van der Waals surface area contributed by atoms with E-state index in [1.807, 2.05) is 18.2 Å². The van der Waals surface area contributed by atoms with Gasteiger partial charge in [-0.3, -0.25) is 10.1 Å². The van der Waals surface area contributed by atoms with E-state index in [1.54, 1.807) is 7.11 Å². The Labute approximate surface area is 100 Å². The van der Waals surface area contributed by atoms with Crippen LogP contribution in [0.2, 0.25) is 0 Å². The van der Waals surface area contributed by atoms with E-state index in [4.69, 9.17) is 4.74 Å². The molecular weight excluding hydrogens is 218 g/mol. The van der Waals surface area contributed by atoms with Gasteiger partial charge in [0.25, 0.3) is 0 Å². The van der Waals surface area contributed by atoms with Gasteiger partial charge in [0, 0.05) is 11.3 Å². The molecule has 0 amide bonds. The third-order valence-corrected chi connectivity index (χ3v) is 3.04. The predicted molar refractivity (Wildman–Crippen MR) is 65.8 cm³/mol. The summed E-state index contributed by atoms with van der Waals surface area (Å²) >= 11 is 0. The van der Waals surface area contributed by atoms with E-state index < -0.39 is 0 Å². The molecule has 0 radical (unpaired) electrons. The van der Waals surface area contributed by atoms with Crippen LogP contribution in [0.4, 0.5) is 0 Å². The first kappa shape index (κ1) is 11.6. The molecule has 1 aromatic carbocycles. The molecule has 0 aromatic heterocycles. The summed E-state index contributed by atoms with van der Waals surface area (Å²) in [7, 11) is 1.66. The Kier molecular flexibility index (Phi) is 3.42. The van der Waals surface area contributed by atoms with Crippen LogP contribution in [0, 0.1) is 10.1 Å². The molecule has 0 N–H and O–H groups in total. The Morgan fingerprint density at radius 1 is 1.41 bits per heavy atom. The lowest BCUT2D eigenvalue weighted by molar-refractivity contribution is -0.479. The van der Waals surface area contributed by atoms with E-state index >= 15 is 0 Å². The van der Waals surface area contributed by atoms with Crippen LogP contribution in [0.1, 0.15) is 24.0 Å². The largest absolute Gasteiger partial charge is 0.497 e. The molecule has 1 aromatic rings. The van der Waals surface area contributed by atoms with Gasteiger partial charge < -0.3 is 4.74 Å². The van der Waals surface area contributed by atoms with Gasteiger partial charge in [-0.2, -0.15) is 0 Å². The summed E-state index contributed by atoms with van der Waals surface area (Å²) in [5.74, 6) is 0.867. The molecule has 0 fully saturated rings. The molecule has 0 saturated heterocycles. The predicted octanol–water partition coefficient (Wildman–Crippen LogP) is 2.69. The fourth-order valence-corrected chi connectivity index (χ4v) is 2.09. The first-order valence-electron chi connectivity index (χ1n) is 5.67. The van der Waals surface area contributed by atoms with Gasteiger partial charge >= 0.3 is 0 Å². The van der Waals surface area contributed by atoms with Gasteiger partial charge in [0.1, 0.15) is 5.75 Å². The molecule has 0 aliphatic heterocycles. The third kappa shape index (κ3) is 2.84. The molecular formula is C13H15NO3. The number of fused-ring (bicyclic) bond motifs is 1. The zero-order valence-corrected chi connectivity index (χ0v) is 9.81. The third-order valence-electron chi connectivity index (χ3n) is 3.04. The van der Waals surface area contributed by atoms with Crippen LogP contribution in [0.15, 0.2) is 23.8 Å². The maximum atomic E-state index is 10.3. The van der Waals surface area contributed by atoms with E-state index in [0.29, 0.717) is 6.42 Å². The zero-order chi connectivity index (χ0) is 12.3. The molecule has 1 aliphatic rings. The second-order valence-electron chi connectivity index (χ2n) is 4.17. The second kappa shape index (κ2) is 4.99. The number of nitro groups is 1. The van der Waals surface area contributed by atoms with Crippen molar-refractivity contribution in [2.24, 2.45) is 0 Å². The Morgan fingerprint density at radius 2 is 2.24 bits per heavy atom. The van der Waals surface area contributed by atoms with Crippen molar-refractivity contribution in [1.29, 1.82) is 0 Å². The number of hydrogen-bond acceptors (Lipinski definition) is 3. The van der Waals surface area contributed by atoms with E-state index in [1.165, 1.54) is 11.1 Å². The smallest absolute Gasteiger partial charge is 0.207 e. The summed E-state index contributed by atoms with van der Waals surface area (Å²) in [6.07, 6.45) is 4.48. The number of benzene rings is 1. The highest BCUT2D eigenvalue weighted by atomic mass is 16.6. The van der Waals surface area contributed by atoms with Crippen LogP contribution >= 0.6 is 0 Å². The Hall–Kier alpha value is -1.84. The summed E-state index contributed by atoms with van der Waals surface area (Å²) in [6.45, 7) is 0.0251. The maximum absolute atomic E-state index is 10.3. The molecule has 0 bridgehead atoms. The minimum Gasteiger partial charge on any atom is -0.497 e. The van der Waals surface area contributed by atoms with Crippen LogP contribution in [0.5, 0.6) is 5.75 Å². The van der Waals surface area contributed by atoms with E-state index in [-0.39, 0.29) is 11.5 Å². The molecule has 0 spiro atoms. The Morgan fingerprint density at radius 3 is 2.94 bits per heavy atom. The van der Waals surface area contributed by atoms with Gasteiger partial charge in [0.15, 0.2) is 0 Å². The highest BCUT2D eigenvalue weighted by Crippen LogP contribution is 2.28. The molecule has 1 aliphatic carbocycles. The molecule has 4 heteroatoms. The average Bonchev–Trinajstić information content (AvgIpc) is 2.35. The number of methoxy groups -OCH3 is 1. The Bertz CT molecular complexity index is 466. The summed E-state index contributed by atoms with van der Waals surface area (Å²) < 4.78 is 5.18. The fraction of sp³-hybridized carbons (Fsp3) is 0.385. The van der Waals surface area contributed by atoms with Gasteiger partial charge in [-0.05, 0) is 36.1 Å². The van der Waals surface area contributed by atoms with Gasteiger partial charge in [-0.25, -0.2) is 0 Å². The Balaban J connectivity index is 2.14. The molecule has 17 heavy (non-hydrogen) atoms. The zero-order valence-electron chi connectivity index (χ0n) is 9.81. The second-order valence-corrected chi connectivity index (χ2v) is 4.17. The molecule has 2 rings (SSSR count). The van der Waals surface area contributed by atoms with Crippen molar-refractivity contribution in [3.63, 3.8) is 0 Å². The number of aryl methyl sites for hydroxylation is 1. The first-order chi connectivity index (χ1) is 8.19. The van der Waals surface area contributed by atoms with Crippen molar-refractivity contribution in [2.75, 3.05) is 13.7 Å². The number of nitrogens with zero attached hydrogens (tertiary/aromatic N) is 1. The first-order valence-corrected chi connectivity index (χ1v) is 5.67. The minimum absolute atomic E-state index is 0.0251. The van der Waals surface area contributed by atoms with Crippen molar-refractivity contribution in [3.05, 3.63) is 45.0 Å². The van der Waals surface area contributed by atoms with Crippen LogP contribution < -0.4 is 4.74 Å². The minimum atomic E-state index is -0.260. The normalized spacial score (nSPS) is 13.8. The molecule has 0 heterocycles. The lowest BCUT2D eigenvalue weighted by atomic mass is 9.90. The lowest BCUT2D eigenvalue weighted by Crippen LogP contribution is -2.05. The summed E-state index contributed by atoms with van der Waals surface area (Å²) in [5.41, 5.74) is 3.59. The highest BCUT2D eigenvalue weighted by molar-refractivity contribution is 5.60. The number of ether oxygens (including phenoxy) is 1. The van der Waals surface area contributed by atoms with Crippen molar-refractivity contribution < 1.29 is 9.66 Å². The summed E-state index contributed by atoms with van der Waals surface area (Å²) in [5, 5.41) is 10.3. The van der Waals surface area contributed by atoms with Gasteiger partial charge in [0.2, 0.25) is 6.54 Å². The van der Waals surface area contributed by atoms with E-state index in [9.17, 15) is 10.1 Å². The molecule has 0 atom stereocenters. The number of rotatable bonds is 4. The summed E-state index contributed by atoms with van der Waals surface area (Å²) in [4.78, 5) is 10.1. The van der Waals surface area contributed by atoms with Gasteiger partial charge in [0.05, 0.1) is 7.11 Å². The van der Waals surface area contributed by atoms with E-state index in [2.05, 4.69) is 6.08 Å². The van der Waals surface area contributed by atoms with Crippen molar-refractivity contribution >= 4 is 6.08 Å². The van der Waals surface area contributed by atoms with Crippen LogP contribution in [-0.4, -0.2) is 18.6 Å². The van der Waals surface area contributed by atoms with Crippen LogP contribution in [-0.2, 0) is 6.42 Å². The highest BCUT2D eigenvalue weighted by Gasteiger charge is 2.12. The van der Waals surface area contributed by atoms with Crippen molar-refractivity contribution in [1.82, 2.24) is 0 Å². The molecule has 90 valence electrons. The fourth-order valence-electron chi connectivity index (χ4n) is 2.09. The average molecular weight is 233 g/mol. The van der Waals surface area contributed by atoms with Gasteiger partial charge in [-0.1, -0.05) is 17.7 Å². The van der Waals surface area contributed by atoms with Crippen molar-refractivity contribution in [3.8, 4) is 5.75 Å². The monoisotopic (exact) mass is 233 g/mol. The lowest BCUT2D eigenvalue weighted by Gasteiger charge is -2.16. The standard InChI is InChI=1S/C13H15NO3/c1-17-13-5-4-11-8-10(6-7-14(15)16)2-3-12(11)9-13/h4-5,8-9H,2-3,6-7H2,1H3. The SMILES string of the molecule is COc1ccc2c(c1)CCC(CC[N+](=O)[O-])=C2.